The Balaban J connectivity index is 2.19. The van der Waals surface area contributed by atoms with E-state index in [4.69, 9.17) is 4.42 Å². The first-order chi connectivity index (χ1) is 7.75. The molecule has 1 N–H and O–H groups in total. The minimum atomic E-state index is -0.0481. The van der Waals surface area contributed by atoms with Gasteiger partial charge in [-0.3, -0.25) is 4.79 Å². The molecular weight excluding hydrogens is 204 g/mol. The third-order valence-corrected chi connectivity index (χ3v) is 2.93. The molecule has 2 heterocycles. The molecule has 3 rings (SSSR count). The maximum absolute atomic E-state index is 11.8. The summed E-state index contributed by atoms with van der Waals surface area (Å²) in [7, 11) is 0. The monoisotopic (exact) mass is 216 g/mol. The van der Waals surface area contributed by atoms with E-state index in [1.807, 2.05) is 6.07 Å². The summed E-state index contributed by atoms with van der Waals surface area (Å²) in [5.74, 6) is 1.26. The van der Waals surface area contributed by atoms with Crippen molar-refractivity contribution < 1.29 is 4.42 Å². The topological polar surface area (TPSA) is 58.9 Å². The van der Waals surface area contributed by atoms with E-state index in [1.165, 1.54) is 0 Å². The maximum Gasteiger partial charge on any atom is 0.254 e. The van der Waals surface area contributed by atoms with Crippen molar-refractivity contribution in [1.82, 2.24) is 9.97 Å². The fourth-order valence-corrected chi connectivity index (χ4v) is 1.78. The lowest BCUT2D eigenvalue weighted by molar-refractivity contribution is 0.568. The molecule has 1 aliphatic rings. The van der Waals surface area contributed by atoms with Crippen LogP contribution in [0.5, 0.6) is 0 Å². The van der Waals surface area contributed by atoms with Crippen LogP contribution in [0, 0.1) is 6.92 Å². The van der Waals surface area contributed by atoms with Gasteiger partial charge in [0.1, 0.15) is 5.82 Å². The summed E-state index contributed by atoms with van der Waals surface area (Å²) in [6.07, 6.45) is 5.45. The highest BCUT2D eigenvalue weighted by atomic mass is 16.3. The molecule has 0 bridgehead atoms. The Bertz CT molecular complexity index is 565. The Labute approximate surface area is 92.3 Å². The second kappa shape index (κ2) is 3.33. The van der Waals surface area contributed by atoms with E-state index in [0.29, 0.717) is 11.5 Å². The number of hydrogen-bond donors (Lipinski definition) is 1. The summed E-state index contributed by atoms with van der Waals surface area (Å²) in [4.78, 5) is 19.1. The summed E-state index contributed by atoms with van der Waals surface area (Å²) < 4.78 is 5.03. The smallest absolute Gasteiger partial charge is 0.254 e. The summed E-state index contributed by atoms with van der Waals surface area (Å²) in [5, 5.41) is 0. The molecule has 1 saturated carbocycles. The van der Waals surface area contributed by atoms with Gasteiger partial charge in [0.15, 0.2) is 0 Å². The second-order valence-electron chi connectivity index (χ2n) is 4.21. The molecule has 16 heavy (non-hydrogen) atoms. The highest BCUT2D eigenvalue weighted by molar-refractivity contribution is 5.60. The SMILES string of the molecule is Cc1c(-c2ccoc2)nc(C2CC2)[nH]c1=O. The van der Waals surface area contributed by atoms with Gasteiger partial charge in [0.25, 0.3) is 5.56 Å². The van der Waals surface area contributed by atoms with Crippen LogP contribution in [0.2, 0.25) is 0 Å². The van der Waals surface area contributed by atoms with Crippen molar-refractivity contribution in [2.45, 2.75) is 25.7 Å². The Hall–Kier alpha value is -1.84. The predicted octanol–water partition coefficient (Wildman–Crippen LogP) is 2.22. The van der Waals surface area contributed by atoms with Crippen LogP contribution in [0.15, 0.2) is 27.8 Å². The molecule has 0 atom stereocenters. The van der Waals surface area contributed by atoms with Gasteiger partial charge in [-0.2, -0.15) is 0 Å². The first-order valence-electron chi connectivity index (χ1n) is 5.39. The second-order valence-corrected chi connectivity index (χ2v) is 4.21. The van der Waals surface area contributed by atoms with E-state index in [-0.39, 0.29) is 5.56 Å². The molecule has 2 aromatic heterocycles. The van der Waals surface area contributed by atoms with E-state index < -0.39 is 0 Å². The maximum atomic E-state index is 11.8. The van der Waals surface area contributed by atoms with Crippen LogP contribution in [0.25, 0.3) is 11.3 Å². The van der Waals surface area contributed by atoms with Gasteiger partial charge < -0.3 is 9.40 Å². The first-order valence-corrected chi connectivity index (χ1v) is 5.39. The Morgan fingerprint density at radius 3 is 2.94 bits per heavy atom. The lowest BCUT2D eigenvalue weighted by Crippen LogP contribution is -2.15. The van der Waals surface area contributed by atoms with E-state index in [9.17, 15) is 4.79 Å². The number of aromatic nitrogens is 2. The number of nitrogens with zero attached hydrogens (tertiary/aromatic N) is 1. The number of furan rings is 1. The molecule has 0 saturated heterocycles. The van der Waals surface area contributed by atoms with Crippen molar-refractivity contribution in [3.05, 3.63) is 40.3 Å². The quantitative estimate of drug-likeness (QED) is 0.837. The minimum absolute atomic E-state index is 0.0481. The van der Waals surface area contributed by atoms with Gasteiger partial charge in [0.05, 0.1) is 18.2 Å². The van der Waals surface area contributed by atoms with Crippen molar-refractivity contribution in [3.8, 4) is 11.3 Å². The molecule has 0 amide bonds. The predicted molar refractivity (Wildman–Crippen MR) is 59.3 cm³/mol. The first kappa shape index (κ1) is 9.39. The standard InChI is InChI=1S/C12H12N2O2/c1-7-10(9-4-5-16-6-9)13-11(8-2-3-8)14-12(7)15/h4-6,8H,2-3H2,1H3,(H,13,14,15). The molecule has 1 fully saturated rings. The third-order valence-electron chi connectivity index (χ3n) is 2.93. The van der Waals surface area contributed by atoms with Gasteiger partial charge in [0, 0.05) is 17.0 Å². The summed E-state index contributed by atoms with van der Waals surface area (Å²) in [5.41, 5.74) is 2.20. The van der Waals surface area contributed by atoms with Gasteiger partial charge in [-0.25, -0.2) is 4.98 Å². The minimum Gasteiger partial charge on any atom is -0.472 e. The highest BCUT2D eigenvalue weighted by Crippen LogP contribution is 2.38. The summed E-state index contributed by atoms with van der Waals surface area (Å²) in [6.45, 7) is 1.78. The number of hydrogen-bond acceptors (Lipinski definition) is 3. The molecule has 82 valence electrons. The molecule has 1 aliphatic carbocycles. The van der Waals surface area contributed by atoms with Crippen molar-refractivity contribution in [2.24, 2.45) is 0 Å². The van der Waals surface area contributed by atoms with Crippen LogP contribution in [-0.2, 0) is 0 Å². The number of H-pyrrole nitrogens is 1. The molecule has 4 nitrogen and oxygen atoms in total. The van der Waals surface area contributed by atoms with Gasteiger partial charge in [-0.1, -0.05) is 0 Å². The Morgan fingerprint density at radius 2 is 2.31 bits per heavy atom. The van der Waals surface area contributed by atoms with Crippen molar-refractivity contribution >= 4 is 0 Å². The van der Waals surface area contributed by atoms with Gasteiger partial charge >= 0.3 is 0 Å². The number of aromatic amines is 1. The fourth-order valence-electron chi connectivity index (χ4n) is 1.78. The molecule has 0 aliphatic heterocycles. The van der Waals surface area contributed by atoms with Crippen LogP contribution in [0.1, 0.15) is 30.1 Å². The van der Waals surface area contributed by atoms with Gasteiger partial charge in [-0.05, 0) is 25.8 Å². The Kier molecular flexibility index (Phi) is 1.96. The zero-order valence-electron chi connectivity index (χ0n) is 8.99. The van der Waals surface area contributed by atoms with Crippen LogP contribution in [0.3, 0.4) is 0 Å². The molecule has 4 heteroatoms. The van der Waals surface area contributed by atoms with E-state index >= 15 is 0 Å². The molecule has 0 radical (unpaired) electrons. The molecule has 0 aromatic carbocycles. The zero-order valence-corrected chi connectivity index (χ0v) is 8.99. The largest absolute Gasteiger partial charge is 0.472 e. The molecular formula is C12H12N2O2. The third kappa shape index (κ3) is 1.46. The zero-order chi connectivity index (χ0) is 11.1. The molecule has 0 spiro atoms. The average Bonchev–Trinajstić information content (AvgIpc) is 2.98. The summed E-state index contributed by atoms with van der Waals surface area (Å²) in [6, 6.07) is 1.82. The van der Waals surface area contributed by atoms with E-state index in [1.54, 1.807) is 19.5 Å². The van der Waals surface area contributed by atoms with Crippen molar-refractivity contribution in [1.29, 1.82) is 0 Å². The lowest BCUT2D eigenvalue weighted by atomic mass is 10.1. The van der Waals surface area contributed by atoms with E-state index in [0.717, 1.165) is 29.9 Å². The fraction of sp³-hybridized carbons (Fsp3) is 0.333. The van der Waals surface area contributed by atoms with Crippen LogP contribution < -0.4 is 5.56 Å². The number of rotatable bonds is 2. The van der Waals surface area contributed by atoms with Crippen LogP contribution >= 0.6 is 0 Å². The van der Waals surface area contributed by atoms with Crippen LogP contribution in [-0.4, -0.2) is 9.97 Å². The molecule has 0 unspecified atom stereocenters. The highest BCUT2D eigenvalue weighted by Gasteiger charge is 2.27. The van der Waals surface area contributed by atoms with Gasteiger partial charge in [0.2, 0.25) is 0 Å². The van der Waals surface area contributed by atoms with Crippen molar-refractivity contribution in [3.63, 3.8) is 0 Å². The summed E-state index contributed by atoms with van der Waals surface area (Å²) >= 11 is 0. The molecule has 2 aromatic rings. The average molecular weight is 216 g/mol. The Morgan fingerprint density at radius 1 is 1.50 bits per heavy atom. The van der Waals surface area contributed by atoms with Crippen LogP contribution in [0.4, 0.5) is 0 Å². The lowest BCUT2D eigenvalue weighted by Gasteiger charge is -2.04. The van der Waals surface area contributed by atoms with E-state index in [2.05, 4.69) is 9.97 Å². The number of nitrogens with one attached hydrogen (secondary N) is 1. The van der Waals surface area contributed by atoms with Gasteiger partial charge in [-0.15, -0.1) is 0 Å². The normalized spacial score (nSPS) is 15.3. The van der Waals surface area contributed by atoms with Crippen molar-refractivity contribution in [2.75, 3.05) is 0 Å².